The minimum Gasteiger partial charge on any atom is -0.244 e. The Morgan fingerprint density at radius 1 is 1.18 bits per heavy atom. The van der Waals surface area contributed by atoms with Gasteiger partial charge in [0.25, 0.3) is 0 Å². The zero-order valence-electron chi connectivity index (χ0n) is 8.45. The van der Waals surface area contributed by atoms with Crippen molar-refractivity contribution in [1.29, 1.82) is 0 Å². The number of hydrogen-bond donors (Lipinski definition) is 0. The molecule has 1 atom stereocenters. The van der Waals surface area contributed by atoms with Gasteiger partial charge in [-0.3, -0.25) is 0 Å². The van der Waals surface area contributed by atoms with Gasteiger partial charge in [0.2, 0.25) is 0 Å². The molecule has 0 aromatic heterocycles. The van der Waals surface area contributed by atoms with Crippen molar-refractivity contribution in [3.8, 4) is 0 Å². The average Bonchev–Trinajstić information content (AvgIpc) is 1.53. The van der Waals surface area contributed by atoms with E-state index in [0.717, 1.165) is 6.42 Å². The van der Waals surface area contributed by atoms with Gasteiger partial charge in [0, 0.05) is 0 Å². The van der Waals surface area contributed by atoms with Crippen LogP contribution in [0.25, 0.3) is 0 Å². The van der Waals surface area contributed by atoms with E-state index in [4.69, 9.17) is 0 Å². The van der Waals surface area contributed by atoms with E-state index in [-0.39, 0.29) is 0 Å². The molecule has 68 valence electrons. The SMILES string of the molecule is CC(C)CC(C)CC(C)(C)F. The first-order valence-electron chi connectivity index (χ1n) is 4.50. The summed E-state index contributed by atoms with van der Waals surface area (Å²) in [4.78, 5) is 0. The van der Waals surface area contributed by atoms with Crippen LogP contribution in [0.4, 0.5) is 4.39 Å². The van der Waals surface area contributed by atoms with E-state index in [9.17, 15) is 4.39 Å². The van der Waals surface area contributed by atoms with E-state index in [0.29, 0.717) is 18.3 Å². The second-order valence-electron chi connectivity index (χ2n) is 4.66. The minimum absolute atomic E-state index is 0.509. The maximum Gasteiger partial charge on any atom is 0.105 e. The minimum atomic E-state index is -0.992. The molecule has 11 heavy (non-hydrogen) atoms. The van der Waals surface area contributed by atoms with Crippen LogP contribution in [0, 0.1) is 11.8 Å². The third kappa shape index (κ3) is 7.83. The molecule has 0 fully saturated rings. The molecule has 0 saturated carbocycles. The number of rotatable bonds is 4. The van der Waals surface area contributed by atoms with E-state index < -0.39 is 5.67 Å². The molecule has 0 aliphatic rings. The molecule has 0 saturated heterocycles. The van der Waals surface area contributed by atoms with Crippen LogP contribution in [0.1, 0.15) is 47.5 Å². The molecule has 0 amide bonds. The summed E-state index contributed by atoms with van der Waals surface area (Å²) in [6.07, 6.45) is 1.82. The standard InChI is InChI=1S/C10H21F/c1-8(2)6-9(3)7-10(4,5)11/h8-9H,6-7H2,1-5H3. The maximum absolute atomic E-state index is 13.1. The molecule has 0 bridgehead atoms. The van der Waals surface area contributed by atoms with Gasteiger partial charge in [-0.15, -0.1) is 0 Å². The Morgan fingerprint density at radius 3 is 1.91 bits per heavy atom. The molecule has 0 N–H and O–H groups in total. The van der Waals surface area contributed by atoms with Crippen LogP contribution < -0.4 is 0 Å². The Kier molecular flexibility index (Phi) is 4.05. The third-order valence-corrected chi connectivity index (χ3v) is 1.71. The van der Waals surface area contributed by atoms with Crippen LogP contribution in [0.3, 0.4) is 0 Å². The smallest absolute Gasteiger partial charge is 0.105 e. The van der Waals surface area contributed by atoms with Gasteiger partial charge in [0.05, 0.1) is 0 Å². The van der Waals surface area contributed by atoms with Crippen LogP contribution in [-0.4, -0.2) is 5.67 Å². The first-order valence-corrected chi connectivity index (χ1v) is 4.50. The molecule has 0 aliphatic carbocycles. The van der Waals surface area contributed by atoms with Crippen molar-refractivity contribution in [3.63, 3.8) is 0 Å². The summed E-state index contributed by atoms with van der Waals surface area (Å²) in [5.41, 5.74) is -0.992. The summed E-state index contributed by atoms with van der Waals surface area (Å²) in [5.74, 6) is 1.20. The van der Waals surface area contributed by atoms with Crippen LogP contribution in [0.15, 0.2) is 0 Å². The lowest BCUT2D eigenvalue weighted by Crippen LogP contribution is -2.17. The molecule has 0 nitrogen and oxygen atoms in total. The van der Waals surface area contributed by atoms with Gasteiger partial charge in [-0.2, -0.15) is 0 Å². The van der Waals surface area contributed by atoms with E-state index >= 15 is 0 Å². The Morgan fingerprint density at radius 2 is 1.64 bits per heavy atom. The van der Waals surface area contributed by atoms with Crippen molar-refractivity contribution in [3.05, 3.63) is 0 Å². The second-order valence-corrected chi connectivity index (χ2v) is 4.66. The van der Waals surface area contributed by atoms with Gasteiger partial charge < -0.3 is 0 Å². The summed E-state index contributed by atoms with van der Waals surface area (Å²) < 4.78 is 13.1. The summed E-state index contributed by atoms with van der Waals surface area (Å²) >= 11 is 0. The molecule has 1 unspecified atom stereocenters. The highest BCUT2D eigenvalue weighted by Crippen LogP contribution is 2.24. The van der Waals surface area contributed by atoms with E-state index in [1.165, 1.54) is 0 Å². The lowest BCUT2D eigenvalue weighted by Gasteiger charge is -2.20. The molecular formula is C10H21F. The van der Waals surface area contributed by atoms with Gasteiger partial charge in [0.1, 0.15) is 5.67 Å². The summed E-state index contributed by atoms with van der Waals surface area (Å²) in [7, 11) is 0. The van der Waals surface area contributed by atoms with E-state index in [1.807, 2.05) is 0 Å². The van der Waals surface area contributed by atoms with Crippen LogP contribution in [0.5, 0.6) is 0 Å². The maximum atomic E-state index is 13.1. The largest absolute Gasteiger partial charge is 0.244 e. The average molecular weight is 160 g/mol. The zero-order chi connectivity index (χ0) is 9.07. The van der Waals surface area contributed by atoms with Gasteiger partial charge >= 0.3 is 0 Å². The molecular weight excluding hydrogens is 139 g/mol. The van der Waals surface area contributed by atoms with Crippen molar-refractivity contribution in [2.75, 3.05) is 0 Å². The van der Waals surface area contributed by atoms with Crippen molar-refractivity contribution in [2.45, 2.75) is 53.1 Å². The number of halogens is 1. The normalized spacial score (nSPS) is 15.5. The van der Waals surface area contributed by atoms with Crippen molar-refractivity contribution in [1.82, 2.24) is 0 Å². The monoisotopic (exact) mass is 160 g/mol. The quantitative estimate of drug-likeness (QED) is 0.586. The third-order valence-electron chi connectivity index (χ3n) is 1.71. The van der Waals surface area contributed by atoms with Crippen molar-refractivity contribution < 1.29 is 4.39 Å². The Labute approximate surface area is 70.2 Å². The molecule has 0 aromatic rings. The lowest BCUT2D eigenvalue weighted by atomic mass is 9.90. The first-order chi connectivity index (χ1) is 4.81. The van der Waals surface area contributed by atoms with Crippen molar-refractivity contribution in [2.24, 2.45) is 11.8 Å². The Balaban J connectivity index is 3.61. The van der Waals surface area contributed by atoms with E-state index in [1.54, 1.807) is 13.8 Å². The van der Waals surface area contributed by atoms with Crippen molar-refractivity contribution >= 4 is 0 Å². The molecule has 1 heteroatoms. The Bertz CT molecular complexity index is 99.9. The lowest BCUT2D eigenvalue weighted by molar-refractivity contribution is 0.165. The molecule has 0 aliphatic heterocycles. The molecule has 0 radical (unpaired) electrons. The fraction of sp³-hybridized carbons (Fsp3) is 1.00. The summed E-state index contributed by atoms with van der Waals surface area (Å²) in [6.45, 7) is 9.80. The fourth-order valence-electron chi connectivity index (χ4n) is 1.72. The highest BCUT2D eigenvalue weighted by molar-refractivity contribution is 4.70. The predicted octanol–water partition coefficient (Wildman–Crippen LogP) is 3.81. The van der Waals surface area contributed by atoms with Crippen LogP contribution in [0.2, 0.25) is 0 Å². The Hall–Kier alpha value is -0.0700. The van der Waals surface area contributed by atoms with Gasteiger partial charge in [-0.05, 0) is 38.5 Å². The van der Waals surface area contributed by atoms with Crippen LogP contribution in [-0.2, 0) is 0 Å². The molecule has 0 spiro atoms. The topological polar surface area (TPSA) is 0 Å². The summed E-state index contributed by atoms with van der Waals surface area (Å²) in [5, 5.41) is 0. The van der Waals surface area contributed by atoms with Gasteiger partial charge in [-0.25, -0.2) is 4.39 Å². The molecule has 0 heterocycles. The highest BCUT2D eigenvalue weighted by atomic mass is 19.1. The number of alkyl halides is 1. The molecule has 0 rings (SSSR count). The van der Waals surface area contributed by atoms with Gasteiger partial charge in [-0.1, -0.05) is 20.8 Å². The number of hydrogen-bond acceptors (Lipinski definition) is 0. The second kappa shape index (κ2) is 4.08. The fourth-order valence-corrected chi connectivity index (χ4v) is 1.72. The van der Waals surface area contributed by atoms with E-state index in [2.05, 4.69) is 20.8 Å². The summed E-state index contributed by atoms with van der Waals surface area (Å²) in [6, 6.07) is 0. The highest BCUT2D eigenvalue weighted by Gasteiger charge is 2.19. The first kappa shape index (κ1) is 10.9. The zero-order valence-corrected chi connectivity index (χ0v) is 8.45. The van der Waals surface area contributed by atoms with Gasteiger partial charge in [0.15, 0.2) is 0 Å². The van der Waals surface area contributed by atoms with Crippen LogP contribution >= 0.6 is 0 Å². The predicted molar refractivity (Wildman–Crippen MR) is 48.4 cm³/mol. The molecule has 0 aromatic carbocycles.